The molecule has 6 heteroatoms. The Labute approximate surface area is 173 Å². The monoisotopic (exact) mass is 403 g/mol. The standard InChI is InChI=1S/C22H29N3O2.ClH/c1-5-23-14-18-8-6-7-9-19(18)25-21(27)17-12-10-16(11-13-17)20(26)24-15-22(2,3)4;/h6-13,23H,5,14-15H2,1-4H3,(H,24,26)(H,25,27);1H. The molecule has 0 unspecified atom stereocenters. The molecule has 0 aliphatic carbocycles. The molecule has 0 saturated carbocycles. The summed E-state index contributed by atoms with van der Waals surface area (Å²) in [4.78, 5) is 24.7. The number of carbonyl (C=O) groups is 2. The maximum atomic E-state index is 12.5. The van der Waals surface area contributed by atoms with Gasteiger partial charge < -0.3 is 16.0 Å². The Bertz CT molecular complexity index is 783. The van der Waals surface area contributed by atoms with E-state index in [2.05, 4.69) is 36.7 Å². The highest BCUT2D eigenvalue weighted by Gasteiger charge is 2.14. The Morgan fingerprint density at radius 2 is 1.46 bits per heavy atom. The van der Waals surface area contributed by atoms with E-state index in [0.29, 0.717) is 24.2 Å². The quantitative estimate of drug-likeness (QED) is 0.647. The Kier molecular flexibility index (Phi) is 9.16. The van der Waals surface area contributed by atoms with Gasteiger partial charge in [-0.25, -0.2) is 0 Å². The lowest BCUT2D eigenvalue weighted by Gasteiger charge is -2.18. The number of halogens is 1. The molecule has 0 saturated heterocycles. The second kappa shape index (κ2) is 10.8. The molecule has 0 heterocycles. The van der Waals surface area contributed by atoms with E-state index in [9.17, 15) is 9.59 Å². The van der Waals surface area contributed by atoms with Gasteiger partial charge in [0.15, 0.2) is 0 Å². The molecule has 0 aliphatic heterocycles. The highest BCUT2D eigenvalue weighted by atomic mass is 35.5. The summed E-state index contributed by atoms with van der Waals surface area (Å²) in [6.07, 6.45) is 0. The predicted molar refractivity (Wildman–Crippen MR) is 117 cm³/mol. The highest BCUT2D eigenvalue weighted by Crippen LogP contribution is 2.17. The van der Waals surface area contributed by atoms with Crippen LogP contribution in [0.5, 0.6) is 0 Å². The number of anilines is 1. The van der Waals surface area contributed by atoms with Crippen LogP contribution in [0, 0.1) is 5.41 Å². The van der Waals surface area contributed by atoms with Crippen LogP contribution in [0.25, 0.3) is 0 Å². The molecular formula is C22H30ClN3O2. The third-order valence-corrected chi connectivity index (χ3v) is 4.02. The minimum absolute atomic E-state index is 0. The van der Waals surface area contributed by atoms with Gasteiger partial charge in [-0.15, -0.1) is 12.4 Å². The summed E-state index contributed by atoms with van der Waals surface area (Å²) in [6, 6.07) is 14.4. The maximum absolute atomic E-state index is 12.5. The molecule has 5 nitrogen and oxygen atoms in total. The second-order valence-corrected chi connectivity index (χ2v) is 7.71. The van der Waals surface area contributed by atoms with Crippen molar-refractivity contribution in [2.24, 2.45) is 5.41 Å². The summed E-state index contributed by atoms with van der Waals surface area (Å²) in [7, 11) is 0. The van der Waals surface area contributed by atoms with E-state index in [1.807, 2.05) is 31.2 Å². The summed E-state index contributed by atoms with van der Waals surface area (Å²) in [6.45, 7) is 10.4. The summed E-state index contributed by atoms with van der Waals surface area (Å²) in [5.74, 6) is -0.325. The molecule has 0 bridgehead atoms. The Morgan fingerprint density at radius 3 is 2.04 bits per heavy atom. The van der Waals surface area contributed by atoms with E-state index in [1.165, 1.54) is 0 Å². The molecule has 3 N–H and O–H groups in total. The third kappa shape index (κ3) is 7.33. The minimum Gasteiger partial charge on any atom is -0.352 e. The maximum Gasteiger partial charge on any atom is 0.255 e. The van der Waals surface area contributed by atoms with Gasteiger partial charge in [-0.2, -0.15) is 0 Å². The molecule has 28 heavy (non-hydrogen) atoms. The smallest absolute Gasteiger partial charge is 0.255 e. The summed E-state index contributed by atoms with van der Waals surface area (Å²) < 4.78 is 0. The van der Waals surface area contributed by atoms with Gasteiger partial charge in [-0.1, -0.05) is 45.9 Å². The van der Waals surface area contributed by atoms with Crippen LogP contribution in [0.3, 0.4) is 0 Å². The van der Waals surface area contributed by atoms with Crippen molar-refractivity contribution in [1.29, 1.82) is 0 Å². The Morgan fingerprint density at radius 1 is 0.893 bits per heavy atom. The van der Waals surface area contributed by atoms with Crippen molar-refractivity contribution < 1.29 is 9.59 Å². The van der Waals surface area contributed by atoms with Gasteiger partial charge in [-0.3, -0.25) is 9.59 Å². The van der Waals surface area contributed by atoms with Crippen LogP contribution in [0.2, 0.25) is 0 Å². The summed E-state index contributed by atoms with van der Waals surface area (Å²) >= 11 is 0. The van der Waals surface area contributed by atoms with Gasteiger partial charge >= 0.3 is 0 Å². The van der Waals surface area contributed by atoms with Crippen LogP contribution >= 0.6 is 12.4 Å². The van der Waals surface area contributed by atoms with Crippen LogP contribution < -0.4 is 16.0 Å². The van der Waals surface area contributed by atoms with Crippen LogP contribution in [0.1, 0.15) is 54.0 Å². The predicted octanol–water partition coefficient (Wildman–Crippen LogP) is 4.25. The van der Waals surface area contributed by atoms with Crippen LogP contribution in [-0.2, 0) is 6.54 Å². The number of benzene rings is 2. The normalized spacial score (nSPS) is 10.7. The summed E-state index contributed by atoms with van der Waals surface area (Å²) in [5, 5.41) is 9.12. The van der Waals surface area contributed by atoms with E-state index in [0.717, 1.165) is 17.8 Å². The molecule has 2 amide bonds. The van der Waals surface area contributed by atoms with Gasteiger partial charge in [0.2, 0.25) is 0 Å². The molecule has 0 fully saturated rings. The third-order valence-electron chi connectivity index (χ3n) is 4.02. The van der Waals surface area contributed by atoms with Crippen molar-refractivity contribution in [1.82, 2.24) is 10.6 Å². The van der Waals surface area contributed by atoms with Gasteiger partial charge in [-0.05, 0) is 47.9 Å². The van der Waals surface area contributed by atoms with Crippen molar-refractivity contribution >= 4 is 29.9 Å². The molecular weight excluding hydrogens is 374 g/mol. The largest absolute Gasteiger partial charge is 0.352 e. The van der Waals surface area contributed by atoms with E-state index in [1.54, 1.807) is 24.3 Å². The lowest BCUT2D eigenvalue weighted by atomic mass is 9.97. The molecule has 2 rings (SSSR count). The van der Waals surface area contributed by atoms with Crippen LogP contribution in [0.15, 0.2) is 48.5 Å². The SMILES string of the molecule is CCNCc1ccccc1NC(=O)c1ccc(C(=O)NCC(C)(C)C)cc1.Cl. The molecule has 0 aliphatic rings. The number of rotatable bonds is 7. The first-order valence-electron chi connectivity index (χ1n) is 9.28. The molecule has 0 radical (unpaired) electrons. The fourth-order valence-corrected chi connectivity index (χ4v) is 2.47. The first-order valence-corrected chi connectivity index (χ1v) is 9.28. The molecule has 2 aromatic carbocycles. The lowest BCUT2D eigenvalue weighted by molar-refractivity contribution is 0.0938. The van der Waals surface area contributed by atoms with Crippen molar-refractivity contribution in [3.63, 3.8) is 0 Å². The zero-order chi connectivity index (χ0) is 19.9. The van der Waals surface area contributed by atoms with Crippen LogP contribution in [-0.4, -0.2) is 24.9 Å². The number of hydrogen-bond acceptors (Lipinski definition) is 3. The number of nitrogens with one attached hydrogen (secondary N) is 3. The molecule has 0 atom stereocenters. The minimum atomic E-state index is -0.194. The van der Waals surface area contributed by atoms with Crippen LogP contribution in [0.4, 0.5) is 5.69 Å². The lowest BCUT2D eigenvalue weighted by Crippen LogP contribution is -2.32. The number of hydrogen-bond donors (Lipinski definition) is 3. The zero-order valence-electron chi connectivity index (χ0n) is 17.0. The highest BCUT2D eigenvalue weighted by molar-refractivity contribution is 6.05. The van der Waals surface area contributed by atoms with E-state index in [4.69, 9.17) is 0 Å². The fraction of sp³-hybridized carbons (Fsp3) is 0.364. The average molecular weight is 404 g/mol. The Hall–Kier alpha value is -2.37. The van der Waals surface area contributed by atoms with Gasteiger partial charge in [0.25, 0.3) is 11.8 Å². The second-order valence-electron chi connectivity index (χ2n) is 7.71. The average Bonchev–Trinajstić information content (AvgIpc) is 2.65. The van der Waals surface area contributed by atoms with Crippen molar-refractivity contribution in [3.8, 4) is 0 Å². The zero-order valence-corrected chi connectivity index (χ0v) is 17.8. The number of amides is 2. The molecule has 152 valence electrons. The first-order chi connectivity index (χ1) is 12.8. The first kappa shape index (κ1) is 23.7. The number of carbonyl (C=O) groups excluding carboxylic acids is 2. The van der Waals surface area contributed by atoms with Gasteiger partial charge in [0, 0.05) is 29.9 Å². The Balaban J connectivity index is 0.00000392. The van der Waals surface area contributed by atoms with Crippen molar-refractivity contribution in [2.75, 3.05) is 18.4 Å². The van der Waals surface area contributed by atoms with Crippen molar-refractivity contribution in [3.05, 3.63) is 65.2 Å². The molecule has 2 aromatic rings. The fourth-order valence-electron chi connectivity index (χ4n) is 2.47. The summed E-state index contributed by atoms with van der Waals surface area (Å²) in [5.41, 5.74) is 2.90. The van der Waals surface area contributed by atoms with E-state index >= 15 is 0 Å². The van der Waals surface area contributed by atoms with Crippen molar-refractivity contribution in [2.45, 2.75) is 34.2 Å². The molecule has 0 spiro atoms. The molecule has 0 aromatic heterocycles. The van der Waals surface area contributed by atoms with Gasteiger partial charge in [0.1, 0.15) is 0 Å². The topological polar surface area (TPSA) is 70.2 Å². The van der Waals surface area contributed by atoms with E-state index < -0.39 is 0 Å². The van der Waals surface area contributed by atoms with Gasteiger partial charge in [0.05, 0.1) is 0 Å². The van der Waals surface area contributed by atoms with E-state index in [-0.39, 0.29) is 29.6 Å². The number of para-hydroxylation sites is 1.